The van der Waals surface area contributed by atoms with Crippen LogP contribution in [0.4, 0.5) is 0 Å². The SMILES string of the molecule is O=C(O)[C@H](Cc1ccc(-c2ccccc2)cc1)NC(=O)[C@@H]1CCCO1. The van der Waals surface area contributed by atoms with Gasteiger partial charge in [-0.3, -0.25) is 4.79 Å². The summed E-state index contributed by atoms with van der Waals surface area (Å²) in [4.78, 5) is 23.6. The van der Waals surface area contributed by atoms with E-state index in [2.05, 4.69) is 5.32 Å². The lowest BCUT2D eigenvalue weighted by Crippen LogP contribution is -2.46. The summed E-state index contributed by atoms with van der Waals surface area (Å²) in [6.45, 7) is 0.552. The van der Waals surface area contributed by atoms with Crippen LogP contribution in [0.15, 0.2) is 54.6 Å². The van der Waals surface area contributed by atoms with Gasteiger partial charge in [0.15, 0.2) is 0 Å². The molecule has 2 N–H and O–H groups in total. The molecule has 0 radical (unpaired) electrons. The van der Waals surface area contributed by atoms with Crippen LogP contribution in [0.25, 0.3) is 11.1 Å². The molecule has 0 unspecified atom stereocenters. The lowest BCUT2D eigenvalue weighted by Gasteiger charge is -2.17. The van der Waals surface area contributed by atoms with E-state index >= 15 is 0 Å². The maximum atomic E-state index is 12.1. The molecule has 2 atom stereocenters. The van der Waals surface area contributed by atoms with E-state index in [0.29, 0.717) is 13.0 Å². The Bertz CT molecular complexity index is 721. The highest BCUT2D eigenvalue weighted by atomic mass is 16.5. The standard InChI is InChI=1S/C20H21NO4/c22-19(18-7-4-12-25-18)21-17(20(23)24)13-14-8-10-16(11-9-14)15-5-2-1-3-6-15/h1-3,5-6,8-11,17-18H,4,7,12-13H2,(H,21,22)(H,23,24)/t17-,18-/m0/s1. The van der Waals surface area contributed by atoms with E-state index in [4.69, 9.17) is 4.74 Å². The van der Waals surface area contributed by atoms with Gasteiger partial charge in [0.1, 0.15) is 12.1 Å². The van der Waals surface area contributed by atoms with Gasteiger partial charge in [-0.25, -0.2) is 4.79 Å². The second-order valence-electron chi connectivity index (χ2n) is 6.17. The van der Waals surface area contributed by atoms with Gasteiger partial charge in [0.05, 0.1) is 0 Å². The fourth-order valence-electron chi connectivity index (χ4n) is 2.95. The molecule has 1 aliphatic heterocycles. The summed E-state index contributed by atoms with van der Waals surface area (Å²) in [5.74, 6) is -1.38. The Morgan fingerprint density at radius 3 is 2.36 bits per heavy atom. The first-order valence-corrected chi connectivity index (χ1v) is 8.42. The fourth-order valence-corrected chi connectivity index (χ4v) is 2.95. The molecular weight excluding hydrogens is 318 g/mol. The van der Waals surface area contributed by atoms with Crippen LogP contribution in [0.2, 0.25) is 0 Å². The first-order valence-electron chi connectivity index (χ1n) is 8.42. The number of rotatable bonds is 6. The minimum absolute atomic E-state index is 0.239. The van der Waals surface area contributed by atoms with Crippen molar-refractivity contribution in [2.75, 3.05) is 6.61 Å². The van der Waals surface area contributed by atoms with Crippen LogP contribution in [0.3, 0.4) is 0 Å². The predicted molar refractivity (Wildman–Crippen MR) is 94.1 cm³/mol. The van der Waals surface area contributed by atoms with Gasteiger partial charge in [-0.05, 0) is 29.5 Å². The lowest BCUT2D eigenvalue weighted by atomic mass is 10.0. The van der Waals surface area contributed by atoms with Crippen molar-refractivity contribution < 1.29 is 19.4 Å². The van der Waals surface area contributed by atoms with Crippen LogP contribution >= 0.6 is 0 Å². The predicted octanol–water partition coefficient (Wildman–Crippen LogP) is 2.64. The van der Waals surface area contributed by atoms with Crippen molar-refractivity contribution in [2.24, 2.45) is 0 Å². The first-order chi connectivity index (χ1) is 12.1. The third kappa shape index (κ3) is 4.45. The minimum atomic E-state index is -1.04. The summed E-state index contributed by atoms with van der Waals surface area (Å²) < 4.78 is 5.31. The number of amides is 1. The van der Waals surface area contributed by atoms with Crippen molar-refractivity contribution in [3.05, 3.63) is 60.2 Å². The molecule has 0 aromatic heterocycles. The fraction of sp³-hybridized carbons (Fsp3) is 0.300. The Labute approximate surface area is 146 Å². The molecule has 130 valence electrons. The number of ether oxygens (including phenoxy) is 1. The van der Waals surface area contributed by atoms with E-state index < -0.39 is 18.1 Å². The molecule has 5 nitrogen and oxygen atoms in total. The molecule has 1 fully saturated rings. The van der Waals surface area contributed by atoms with Gasteiger partial charge in [0.2, 0.25) is 5.91 Å². The quantitative estimate of drug-likeness (QED) is 0.848. The summed E-state index contributed by atoms with van der Waals surface area (Å²) in [5.41, 5.74) is 3.04. The summed E-state index contributed by atoms with van der Waals surface area (Å²) >= 11 is 0. The van der Waals surface area contributed by atoms with Crippen molar-refractivity contribution in [2.45, 2.75) is 31.4 Å². The normalized spacial score (nSPS) is 17.8. The second-order valence-corrected chi connectivity index (χ2v) is 6.17. The lowest BCUT2D eigenvalue weighted by molar-refractivity contribution is -0.143. The molecule has 25 heavy (non-hydrogen) atoms. The minimum Gasteiger partial charge on any atom is -0.480 e. The number of hydrogen-bond donors (Lipinski definition) is 2. The molecular formula is C20H21NO4. The van der Waals surface area contributed by atoms with Crippen LogP contribution in [0.1, 0.15) is 18.4 Å². The molecule has 2 aromatic rings. The molecule has 0 bridgehead atoms. The van der Waals surface area contributed by atoms with Crippen LogP contribution in [-0.4, -0.2) is 35.7 Å². The zero-order valence-electron chi connectivity index (χ0n) is 13.9. The number of nitrogens with one attached hydrogen (secondary N) is 1. The summed E-state index contributed by atoms with van der Waals surface area (Å²) in [7, 11) is 0. The molecule has 1 aliphatic rings. The Hall–Kier alpha value is -2.66. The monoisotopic (exact) mass is 339 g/mol. The number of hydrogen-bond acceptors (Lipinski definition) is 3. The number of carboxylic acids is 1. The van der Waals surface area contributed by atoms with Crippen LogP contribution in [0, 0.1) is 0 Å². The third-order valence-corrected chi connectivity index (χ3v) is 4.34. The van der Waals surface area contributed by atoms with Crippen LogP contribution in [-0.2, 0) is 20.7 Å². The van der Waals surface area contributed by atoms with Crippen molar-refractivity contribution in [3.8, 4) is 11.1 Å². The molecule has 5 heteroatoms. The Balaban J connectivity index is 1.65. The first kappa shape index (κ1) is 17.2. The number of carbonyl (C=O) groups excluding carboxylic acids is 1. The summed E-state index contributed by atoms with van der Waals surface area (Å²) in [6, 6.07) is 16.7. The van der Waals surface area contributed by atoms with E-state index in [1.807, 2.05) is 54.6 Å². The number of carboxylic acid groups (broad SMARTS) is 1. The Kier molecular flexibility index (Phi) is 5.46. The maximum absolute atomic E-state index is 12.1. The Morgan fingerprint density at radius 2 is 1.76 bits per heavy atom. The number of carbonyl (C=O) groups is 2. The van der Waals surface area contributed by atoms with Crippen molar-refractivity contribution in [1.29, 1.82) is 0 Å². The highest BCUT2D eigenvalue weighted by molar-refractivity contribution is 5.86. The van der Waals surface area contributed by atoms with E-state index in [1.165, 1.54) is 0 Å². The molecule has 0 saturated carbocycles. The Morgan fingerprint density at radius 1 is 1.08 bits per heavy atom. The van der Waals surface area contributed by atoms with Crippen molar-refractivity contribution in [3.63, 3.8) is 0 Å². The van der Waals surface area contributed by atoms with E-state index in [1.54, 1.807) is 0 Å². The topological polar surface area (TPSA) is 75.6 Å². The highest BCUT2D eigenvalue weighted by Crippen LogP contribution is 2.20. The van der Waals surface area contributed by atoms with E-state index in [0.717, 1.165) is 23.1 Å². The maximum Gasteiger partial charge on any atom is 0.326 e. The molecule has 0 spiro atoms. The van der Waals surface area contributed by atoms with Gasteiger partial charge >= 0.3 is 5.97 Å². The third-order valence-electron chi connectivity index (χ3n) is 4.34. The van der Waals surface area contributed by atoms with Gasteiger partial charge in [-0.1, -0.05) is 54.6 Å². The zero-order chi connectivity index (χ0) is 17.6. The van der Waals surface area contributed by atoms with Crippen LogP contribution in [0.5, 0.6) is 0 Å². The second kappa shape index (κ2) is 7.94. The van der Waals surface area contributed by atoms with Gasteiger partial charge < -0.3 is 15.2 Å². The highest BCUT2D eigenvalue weighted by Gasteiger charge is 2.28. The van der Waals surface area contributed by atoms with E-state index in [9.17, 15) is 14.7 Å². The van der Waals surface area contributed by atoms with Crippen molar-refractivity contribution in [1.82, 2.24) is 5.32 Å². The average molecular weight is 339 g/mol. The van der Waals surface area contributed by atoms with Crippen LogP contribution < -0.4 is 5.32 Å². The zero-order valence-corrected chi connectivity index (χ0v) is 13.9. The number of benzene rings is 2. The van der Waals surface area contributed by atoms with Crippen molar-refractivity contribution >= 4 is 11.9 Å². The van der Waals surface area contributed by atoms with Gasteiger partial charge in [0, 0.05) is 13.0 Å². The average Bonchev–Trinajstić information content (AvgIpc) is 3.17. The van der Waals surface area contributed by atoms with Gasteiger partial charge in [-0.2, -0.15) is 0 Å². The molecule has 1 heterocycles. The summed E-state index contributed by atoms with van der Waals surface area (Å²) in [5, 5.41) is 12.0. The molecule has 3 rings (SSSR count). The summed E-state index contributed by atoms with van der Waals surface area (Å²) in [6.07, 6.45) is 1.19. The molecule has 1 amide bonds. The smallest absolute Gasteiger partial charge is 0.326 e. The number of aliphatic carboxylic acids is 1. The largest absolute Gasteiger partial charge is 0.480 e. The van der Waals surface area contributed by atoms with E-state index in [-0.39, 0.29) is 12.3 Å². The van der Waals surface area contributed by atoms with Gasteiger partial charge in [-0.15, -0.1) is 0 Å². The van der Waals surface area contributed by atoms with Gasteiger partial charge in [0.25, 0.3) is 0 Å². The molecule has 2 aromatic carbocycles. The molecule has 0 aliphatic carbocycles. The molecule has 1 saturated heterocycles.